The number of piperidine rings is 1. The van der Waals surface area contributed by atoms with Gasteiger partial charge in [0.25, 0.3) is 0 Å². The van der Waals surface area contributed by atoms with Crippen LogP contribution in [0.5, 0.6) is 0 Å². The number of benzene rings is 1. The maximum atomic E-state index is 13.1. The van der Waals surface area contributed by atoms with Crippen LogP contribution in [-0.4, -0.2) is 47.1 Å². The van der Waals surface area contributed by atoms with Crippen LogP contribution in [0.1, 0.15) is 43.4 Å². The molecular weight excluding hydrogens is 391 g/mol. The van der Waals surface area contributed by atoms with Gasteiger partial charge in [0.05, 0.1) is 17.9 Å². The van der Waals surface area contributed by atoms with Crippen molar-refractivity contribution in [1.29, 1.82) is 0 Å². The van der Waals surface area contributed by atoms with Crippen molar-refractivity contribution >= 4 is 5.96 Å². The molecule has 8 heteroatoms. The molecule has 1 aliphatic carbocycles. The Balaban J connectivity index is 1.44. The molecule has 1 aromatic carbocycles. The van der Waals surface area contributed by atoms with E-state index in [4.69, 9.17) is 0 Å². The van der Waals surface area contributed by atoms with Gasteiger partial charge in [-0.1, -0.05) is 25.1 Å². The van der Waals surface area contributed by atoms with Crippen molar-refractivity contribution in [2.75, 3.05) is 26.7 Å². The van der Waals surface area contributed by atoms with E-state index in [1.165, 1.54) is 12.1 Å². The molecule has 1 saturated heterocycles. The van der Waals surface area contributed by atoms with E-state index < -0.39 is 11.7 Å². The van der Waals surface area contributed by atoms with E-state index in [2.05, 4.69) is 31.7 Å². The predicted octanol–water partition coefficient (Wildman–Crippen LogP) is 4.09. The number of aromatic nitrogens is 2. The summed E-state index contributed by atoms with van der Waals surface area (Å²) >= 11 is 0. The molecule has 2 unspecified atom stereocenters. The number of aliphatic imine (C=N–C) groups is 1. The molecule has 0 spiro atoms. The summed E-state index contributed by atoms with van der Waals surface area (Å²) in [5.41, 5.74) is -0.0722. The lowest BCUT2D eigenvalue weighted by Gasteiger charge is -2.39. The van der Waals surface area contributed by atoms with E-state index in [-0.39, 0.29) is 5.41 Å². The topological polar surface area (TPSA) is 45.5 Å². The van der Waals surface area contributed by atoms with Gasteiger partial charge in [-0.05, 0) is 36.8 Å². The third-order valence-corrected chi connectivity index (χ3v) is 6.58. The number of rotatable bonds is 4. The van der Waals surface area contributed by atoms with Crippen molar-refractivity contribution in [3.05, 3.63) is 54.1 Å². The van der Waals surface area contributed by atoms with E-state index in [9.17, 15) is 13.2 Å². The summed E-state index contributed by atoms with van der Waals surface area (Å²) in [6, 6.07) is 6.07. The standard InChI is InChI=1S/C22H28F3N5/c1-16-6-10-29(13-19(16)30-11-9-27-15-30)20(26-2)28-14-21(7-8-21)17-4-3-5-18(12-17)22(23,24)25/h3-5,9,11-12,15-16,19H,6-8,10,13-14H2,1-2H3,(H,26,28). The molecule has 4 rings (SSSR count). The van der Waals surface area contributed by atoms with Gasteiger partial charge >= 0.3 is 6.18 Å². The van der Waals surface area contributed by atoms with Gasteiger partial charge in [-0.2, -0.15) is 13.2 Å². The summed E-state index contributed by atoms with van der Waals surface area (Å²) in [5.74, 6) is 1.35. The molecule has 1 aliphatic heterocycles. The van der Waals surface area contributed by atoms with Crippen LogP contribution in [0.15, 0.2) is 48.0 Å². The number of likely N-dealkylation sites (tertiary alicyclic amines) is 1. The van der Waals surface area contributed by atoms with E-state index in [0.29, 0.717) is 18.5 Å². The summed E-state index contributed by atoms with van der Waals surface area (Å²) < 4.78 is 41.5. The van der Waals surface area contributed by atoms with Crippen molar-refractivity contribution in [2.45, 2.75) is 43.8 Å². The minimum Gasteiger partial charge on any atom is -0.355 e. The van der Waals surface area contributed by atoms with Crippen LogP contribution < -0.4 is 5.32 Å². The zero-order valence-electron chi connectivity index (χ0n) is 17.4. The molecule has 0 radical (unpaired) electrons. The summed E-state index contributed by atoms with van der Waals surface area (Å²) in [7, 11) is 1.76. The van der Waals surface area contributed by atoms with Crippen LogP contribution in [0.2, 0.25) is 0 Å². The molecule has 1 N–H and O–H groups in total. The number of guanidine groups is 1. The first kappa shape index (κ1) is 20.8. The summed E-state index contributed by atoms with van der Waals surface area (Å²) in [4.78, 5) is 10.9. The second-order valence-corrected chi connectivity index (χ2v) is 8.55. The normalized spacial score (nSPS) is 24.0. The van der Waals surface area contributed by atoms with E-state index >= 15 is 0 Å². The average molecular weight is 419 g/mol. The monoisotopic (exact) mass is 419 g/mol. The van der Waals surface area contributed by atoms with Gasteiger partial charge in [0, 0.05) is 44.5 Å². The molecule has 1 aromatic heterocycles. The highest BCUT2D eigenvalue weighted by atomic mass is 19.4. The minimum atomic E-state index is -4.32. The van der Waals surface area contributed by atoms with Crippen LogP contribution in [0, 0.1) is 5.92 Å². The van der Waals surface area contributed by atoms with Gasteiger partial charge in [-0.3, -0.25) is 4.99 Å². The number of halogens is 3. The molecular formula is C22H28F3N5. The molecule has 0 bridgehead atoms. The molecule has 30 heavy (non-hydrogen) atoms. The van der Waals surface area contributed by atoms with Gasteiger partial charge in [-0.25, -0.2) is 4.98 Å². The zero-order chi connectivity index (χ0) is 21.4. The van der Waals surface area contributed by atoms with Gasteiger partial charge in [0.15, 0.2) is 5.96 Å². The lowest BCUT2D eigenvalue weighted by Crippen LogP contribution is -2.50. The van der Waals surface area contributed by atoms with Crippen molar-refractivity contribution in [3.8, 4) is 0 Å². The largest absolute Gasteiger partial charge is 0.416 e. The first-order valence-corrected chi connectivity index (χ1v) is 10.4. The van der Waals surface area contributed by atoms with Crippen molar-refractivity contribution in [1.82, 2.24) is 19.8 Å². The summed E-state index contributed by atoms with van der Waals surface area (Å²) in [6.45, 7) is 4.57. The van der Waals surface area contributed by atoms with Crippen LogP contribution in [0.4, 0.5) is 13.2 Å². The van der Waals surface area contributed by atoms with Gasteiger partial charge in [0.1, 0.15) is 0 Å². The number of alkyl halides is 3. The Kier molecular flexibility index (Phi) is 5.51. The van der Waals surface area contributed by atoms with Crippen LogP contribution in [0.3, 0.4) is 0 Å². The summed E-state index contributed by atoms with van der Waals surface area (Å²) in [6.07, 6.45) is 4.14. The molecule has 162 valence electrons. The first-order chi connectivity index (χ1) is 14.3. The van der Waals surface area contributed by atoms with Gasteiger partial charge < -0.3 is 14.8 Å². The zero-order valence-corrected chi connectivity index (χ0v) is 17.4. The highest BCUT2D eigenvalue weighted by Crippen LogP contribution is 2.48. The number of imidazole rings is 1. The predicted molar refractivity (Wildman–Crippen MR) is 110 cm³/mol. The van der Waals surface area contributed by atoms with Crippen molar-refractivity contribution in [3.63, 3.8) is 0 Å². The van der Waals surface area contributed by atoms with E-state index in [0.717, 1.165) is 49.9 Å². The van der Waals surface area contributed by atoms with E-state index in [1.807, 2.05) is 18.6 Å². The van der Waals surface area contributed by atoms with Crippen LogP contribution >= 0.6 is 0 Å². The molecule has 2 aliphatic rings. The number of nitrogens with one attached hydrogen (secondary N) is 1. The van der Waals surface area contributed by atoms with Crippen LogP contribution in [0.25, 0.3) is 0 Å². The maximum absolute atomic E-state index is 13.1. The lowest BCUT2D eigenvalue weighted by molar-refractivity contribution is -0.137. The Bertz CT molecular complexity index is 886. The smallest absolute Gasteiger partial charge is 0.355 e. The Morgan fingerprint density at radius 1 is 1.33 bits per heavy atom. The second kappa shape index (κ2) is 7.96. The number of nitrogens with zero attached hydrogens (tertiary/aromatic N) is 4. The quantitative estimate of drug-likeness (QED) is 0.600. The van der Waals surface area contributed by atoms with Crippen LogP contribution in [-0.2, 0) is 11.6 Å². The number of hydrogen-bond donors (Lipinski definition) is 1. The maximum Gasteiger partial charge on any atom is 0.416 e. The lowest BCUT2D eigenvalue weighted by atomic mass is 9.93. The SMILES string of the molecule is CN=C(NCC1(c2cccc(C(F)(F)F)c2)CC1)N1CCC(C)C(n2ccnc2)C1. The molecule has 2 heterocycles. The average Bonchev–Trinajstić information content (AvgIpc) is 3.32. The fraction of sp³-hybridized carbons (Fsp3) is 0.545. The number of hydrogen-bond acceptors (Lipinski definition) is 2. The minimum absolute atomic E-state index is 0.246. The third-order valence-electron chi connectivity index (χ3n) is 6.58. The Morgan fingerprint density at radius 2 is 2.13 bits per heavy atom. The Labute approximate surface area is 175 Å². The molecule has 2 aromatic rings. The Morgan fingerprint density at radius 3 is 2.77 bits per heavy atom. The molecule has 2 fully saturated rings. The van der Waals surface area contributed by atoms with Gasteiger partial charge in [-0.15, -0.1) is 0 Å². The second-order valence-electron chi connectivity index (χ2n) is 8.55. The van der Waals surface area contributed by atoms with Crippen molar-refractivity contribution in [2.24, 2.45) is 10.9 Å². The Hall–Kier alpha value is -2.51. The molecule has 2 atom stereocenters. The van der Waals surface area contributed by atoms with Crippen molar-refractivity contribution < 1.29 is 13.2 Å². The first-order valence-electron chi connectivity index (χ1n) is 10.4. The molecule has 1 saturated carbocycles. The van der Waals surface area contributed by atoms with E-state index in [1.54, 1.807) is 13.2 Å². The molecule has 5 nitrogen and oxygen atoms in total. The molecule has 0 amide bonds. The van der Waals surface area contributed by atoms with Gasteiger partial charge in [0.2, 0.25) is 0 Å². The highest BCUT2D eigenvalue weighted by Gasteiger charge is 2.45. The fourth-order valence-electron chi connectivity index (χ4n) is 4.42. The highest BCUT2D eigenvalue weighted by molar-refractivity contribution is 5.80. The third kappa shape index (κ3) is 4.18. The fourth-order valence-corrected chi connectivity index (χ4v) is 4.42. The summed E-state index contributed by atoms with van der Waals surface area (Å²) in [5, 5.41) is 3.45.